The van der Waals surface area contributed by atoms with E-state index in [9.17, 15) is 14.4 Å². The molecule has 0 aromatic heterocycles. The number of methoxy groups -OCH3 is 2. The standard InChI is InChI=1S/C22H28O6/c1-14(2)15-8-10-16(20(23)26-3)6-5-7-17-12-19(28-22(17)25)13-18(11-9-15)21(24)27-4/h6,9,11-12,14,19H,5,7-8,10,13H2,1-4H3/b15-9+,16-6-,18-11-/t19-/m1/s1. The summed E-state index contributed by atoms with van der Waals surface area (Å²) in [5.41, 5.74) is 2.70. The molecular weight excluding hydrogens is 360 g/mol. The zero-order chi connectivity index (χ0) is 20.7. The second-order valence-corrected chi connectivity index (χ2v) is 7.18. The van der Waals surface area contributed by atoms with E-state index in [0.29, 0.717) is 42.4 Å². The van der Waals surface area contributed by atoms with E-state index in [2.05, 4.69) is 13.8 Å². The van der Waals surface area contributed by atoms with E-state index in [1.54, 1.807) is 12.2 Å². The van der Waals surface area contributed by atoms with Crippen molar-refractivity contribution in [3.8, 4) is 0 Å². The van der Waals surface area contributed by atoms with Gasteiger partial charge >= 0.3 is 17.9 Å². The minimum absolute atomic E-state index is 0.248. The van der Waals surface area contributed by atoms with Gasteiger partial charge in [-0.15, -0.1) is 0 Å². The van der Waals surface area contributed by atoms with Crippen molar-refractivity contribution in [2.75, 3.05) is 14.2 Å². The lowest BCUT2D eigenvalue weighted by atomic mass is 9.93. The Labute approximate surface area is 165 Å². The van der Waals surface area contributed by atoms with Gasteiger partial charge in [-0.2, -0.15) is 0 Å². The van der Waals surface area contributed by atoms with Gasteiger partial charge in [0.15, 0.2) is 0 Å². The van der Waals surface area contributed by atoms with Gasteiger partial charge in [-0.3, -0.25) is 0 Å². The van der Waals surface area contributed by atoms with Gasteiger partial charge in [-0.1, -0.05) is 37.6 Å². The third-order valence-electron chi connectivity index (χ3n) is 4.95. The van der Waals surface area contributed by atoms with Gasteiger partial charge in [-0.25, -0.2) is 14.4 Å². The first kappa shape index (κ1) is 21.7. The van der Waals surface area contributed by atoms with E-state index in [4.69, 9.17) is 14.2 Å². The summed E-state index contributed by atoms with van der Waals surface area (Å²) < 4.78 is 15.2. The van der Waals surface area contributed by atoms with Crippen LogP contribution in [-0.2, 0) is 28.6 Å². The number of allylic oxidation sites excluding steroid dienone is 4. The Morgan fingerprint density at radius 1 is 1.04 bits per heavy atom. The van der Waals surface area contributed by atoms with Crippen LogP contribution in [0.1, 0.15) is 46.0 Å². The first-order valence-electron chi connectivity index (χ1n) is 9.52. The summed E-state index contributed by atoms with van der Waals surface area (Å²) in [5, 5.41) is 0. The molecule has 1 aliphatic heterocycles. The Kier molecular flexibility index (Phi) is 7.79. The number of hydrogen-bond donors (Lipinski definition) is 0. The molecule has 0 amide bonds. The quantitative estimate of drug-likeness (QED) is 0.543. The molecule has 0 aromatic carbocycles. The third-order valence-corrected chi connectivity index (χ3v) is 4.95. The maximum atomic E-state index is 12.2. The topological polar surface area (TPSA) is 78.9 Å². The zero-order valence-electron chi connectivity index (χ0n) is 16.9. The molecule has 0 saturated heterocycles. The smallest absolute Gasteiger partial charge is 0.334 e. The highest BCUT2D eigenvalue weighted by Crippen LogP contribution is 2.26. The van der Waals surface area contributed by atoms with E-state index < -0.39 is 12.1 Å². The number of hydrogen-bond acceptors (Lipinski definition) is 6. The zero-order valence-corrected chi connectivity index (χ0v) is 16.9. The number of carbonyl (C=O) groups excluding carboxylic acids is 3. The first-order chi connectivity index (χ1) is 13.3. The molecule has 28 heavy (non-hydrogen) atoms. The molecule has 2 rings (SSSR count). The van der Waals surface area contributed by atoms with Crippen LogP contribution in [0.4, 0.5) is 0 Å². The molecule has 0 aromatic rings. The number of ether oxygens (including phenoxy) is 3. The van der Waals surface area contributed by atoms with Crippen molar-refractivity contribution in [2.24, 2.45) is 5.92 Å². The summed E-state index contributed by atoms with van der Waals surface area (Å²) in [7, 11) is 2.69. The van der Waals surface area contributed by atoms with E-state index >= 15 is 0 Å². The molecule has 6 heteroatoms. The molecule has 1 aliphatic carbocycles. The van der Waals surface area contributed by atoms with Crippen LogP contribution in [0.15, 0.2) is 46.6 Å². The molecule has 0 unspecified atom stereocenters. The van der Waals surface area contributed by atoms with Crippen LogP contribution in [-0.4, -0.2) is 38.2 Å². The Bertz CT molecular complexity index is 751. The minimum Gasteiger partial charge on any atom is -0.466 e. The summed E-state index contributed by atoms with van der Waals surface area (Å²) in [5.74, 6) is -0.936. The normalized spacial score (nSPS) is 26.5. The third kappa shape index (κ3) is 5.68. The van der Waals surface area contributed by atoms with Gasteiger partial charge in [-0.05, 0) is 37.7 Å². The van der Waals surface area contributed by atoms with Crippen LogP contribution in [0.3, 0.4) is 0 Å². The fourth-order valence-electron chi connectivity index (χ4n) is 3.26. The average molecular weight is 388 g/mol. The summed E-state index contributed by atoms with van der Waals surface area (Å²) in [4.78, 5) is 36.4. The Balaban J connectivity index is 2.42. The van der Waals surface area contributed by atoms with Gasteiger partial charge < -0.3 is 14.2 Å². The highest BCUT2D eigenvalue weighted by atomic mass is 16.5. The summed E-state index contributed by atoms with van der Waals surface area (Å²) in [6.07, 6.45) is 9.22. The number of carbonyl (C=O) groups is 3. The molecule has 2 aliphatic rings. The predicted molar refractivity (Wildman–Crippen MR) is 104 cm³/mol. The van der Waals surface area contributed by atoms with E-state index in [-0.39, 0.29) is 24.3 Å². The molecule has 1 heterocycles. The van der Waals surface area contributed by atoms with Crippen molar-refractivity contribution in [1.29, 1.82) is 0 Å². The SMILES string of the molecule is COC(=O)/C1=C\CCC2=C[C@H](C/C(C(=O)OC)=C/C=C(/C(C)C)CC1)OC2=O. The van der Waals surface area contributed by atoms with Gasteiger partial charge in [0.1, 0.15) is 6.10 Å². The lowest BCUT2D eigenvalue weighted by Crippen LogP contribution is -2.14. The fraction of sp³-hybridized carbons (Fsp3) is 0.500. The highest BCUT2D eigenvalue weighted by Gasteiger charge is 2.27. The predicted octanol–water partition coefficient (Wildman–Crippen LogP) is 3.58. The van der Waals surface area contributed by atoms with Crippen LogP contribution >= 0.6 is 0 Å². The molecule has 0 spiro atoms. The van der Waals surface area contributed by atoms with Crippen LogP contribution in [0.25, 0.3) is 0 Å². The van der Waals surface area contributed by atoms with Crippen LogP contribution in [0.2, 0.25) is 0 Å². The second-order valence-electron chi connectivity index (χ2n) is 7.18. The maximum absolute atomic E-state index is 12.2. The van der Waals surface area contributed by atoms with Gasteiger partial charge in [0.25, 0.3) is 0 Å². The van der Waals surface area contributed by atoms with Crippen LogP contribution in [0, 0.1) is 5.92 Å². The lowest BCUT2D eigenvalue weighted by Gasteiger charge is -2.13. The van der Waals surface area contributed by atoms with Gasteiger partial charge in [0, 0.05) is 23.1 Å². The monoisotopic (exact) mass is 388 g/mol. The molecule has 2 bridgehead atoms. The average Bonchev–Trinajstić information content (AvgIpc) is 3.02. The van der Waals surface area contributed by atoms with Crippen molar-refractivity contribution in [1.82, 2.24) is 0 Å². The molecule has 0 N–H and O–H groups in total. The summed E-state index contributed by atoms with van der Waals surface area (Å²) >= 11 is 0. The highest BCUT2D eigenvalue weighted by molar-refractivity contribution is 5.92. The van der Waals surface area contributed by atoms with Crippen LogP contribution < -0.4 is 0 Å². The Hall–Kier alpha value is -2.63. The summed E-state index contributed by atoms with van der Waals surface area (Å²) in [6, 6.07) is 0. The number of rotatable bonds is 3. The van der Waals surface area contributed by atoms with Gasteiger partial charge in [0.05, 0.1) is 14.2 Å². The van der Waals surface area contributed by atoms with E-state index in [1.807, 2.05) is 12.2 Å². The van der Waals surface area contributed by atoms with E-state index in [1.165, 1.54) is 14.2 Å². The van der Waals surface area contributed by atoms with E-state index in [0.717, 1.165) is 5.57 Å². The maximum Gasteiger partial charge on any atom is 0.334 e. The molecular formula is C22H28O6. The van der Waals surface area contributed by atoms with Crippen molar-refractivity contribution >= 4 is 17.9 Å². The number of fused-ring (bicyclic) bond motifs is 1. The van der Waals surface area contributed by atoms with Gasteiger partial charge in [0.2, 0.25) is 0 Å². The fourth-order valence-corrected chi connectivity index (χ4v) is 3.26. The van der Waals surface area contributed by atoms with Crippen molar-refractivity contribution in [3.63, 3.8) is 0 Å². The molecule has 6 nitrogen and oxygen atoms in total. The van der Waals surface area contributed by atoms with Crippen molar-refractivity contribution < 1.29 is 28.6 Å². The number of esters is 3. The molecule has 0 saturated carbocycles. The van der Waals surface area contributed by atoms with Crippen molar-refractivity contribution in [3.05, 3.63) is 46.6 Å². The molecule has 0 radical (unpaired) electrons. The molecule has 152 valence electrons. The Morgan fingerprint density at radius 2 is 1.71 bits per heavy atom. The first-order valence-corrected chi connectivity index (χ1v) is 9.52. The van der Waals surface area contributed by atoms with Crippen LogP contribution in [0.5, 0.6) is 0 Å². The molecule has 0 fully saturated rings. The largest absolute Gasteiger partial charge is 0.466 e. The van der Waals surface area contributed by atoms with Crippen molar-refractivity contribution in [2.45, 2.75) is 52.1 Å². The minimum atomic E-state index is -0.490. The second kappa shape index (κ2) is 10.1. The Morgan fingerprint density at radius 3 is 2.36 bits per heavy atom. The molecule has 1 atom stereocenters. The lowest BCUT2D eigenvalue weighted by molar-refractivity contribution is -0.141. The summed E-state index contributed by atoms with van der Waals surface area (Å²) in [6.45, 7) is 4.13.